The van der Waals surface area contributed by atoms with Crippen molar-refractivity contribution in [2.24, 2.45) is 11.7 Å². The van der Waals surface area contributed by atoms with Gasteiger partial charge in [-0.05, 0) is 36.5 Å². The zero-order chi connectivity index (χ0) is 16.5. The van der Waals surface area contributed by atoms with E-state index in [0.29, 0.717) is 17.9 Å². The molecule has 0 bridgehead atoms. The number of nitrogens with zero attached hydrogens (tertiary/aromatic N) is 1. The topological polar surface area (TPSA) is 92.5 Å². The van der Waals surface area contributed by atoms with Crippen molar-refractivity contribution in [2.75, 3.05) is 22.4 Å². The van der Waals surface area contributed by atoms with Crippen molar-refractivity contribution in [3.63, 3.8) is 0 Å². The molecule has 122 valence electrons. The Kier molecular flexibility index (Phi) is 4.77. The Labute approximate surface area is 131 Å². The van der Waals surface area contributed by atoms with Gasteiger partial charge in [-0.3, -0.25) is 9.10 Å². The second kappa shape index (κ2) is 6.26. The summed E-state index contributed by atoms with van der Waals surface area (Å²) < 4.78 is 25.2. The van der Waals surface area contributed by atoms with Gasteiger partial charge in [-0.15, -0.1) is 0 Å². The van der Waals surface area contributed by atoms with Crippen LogP contribution < -0.4 is 15.4 Å². The van der Waals surface area contributed by atoms with E-state index < -0.39 is 16.1 Å². The molecule has 1 heterocycles. The molecule has 1 aliphatic heterocycles. The van der Waals surface area contributed by atoms with Crippen LogP contribution in [-0.2, 0) is 21.2 Å². The summed E-state index contributed by atoms with van der Waals surface area (Å²) in [6.07, 6.45) is 2.83. The number of nitrogens with one attached hydrogen (secondary N) is 1. The van der Waals surface area contributed by atoms with E-state index in [4.69, 9.17) is 5.73 Å². The van der Waals surface area contributed by atoms with Crippen molar-refractivity contribution in [1.29, 1.82) is 0 Å². The summed E-state index contributed by atoms with van der Waals surface area (Å²) in [5, 5.41) is 2.76. The van der Waals surface area contributed by atoms with Crippen LogP contribution in [0.3, 0.4) is 0 Å². The zero-order valence-corrected chi connectivity index (χ0v) is 14.0. The van der Waals surface area contributed by atoms with Gasteiger partial charge in [-0.25, -0.2) is 8.42 Å². The average molecular weight is 325 g/mol. The number of benzene rings is 1. The van der Waals surface area contributed by atoms with Gasteiger partial charge in [0.15, 0.2) is 0 Å². The monoisotopic (exact) mass is 325 g/mol. The highest BCUT2D eigenvalue weighted by molar-refractivity contribution is 7.92. The molecule has 0 saturated heterocycles. The van der Waals surface area contributed by atoms with Gasteiger partial charge in [-0.2, -0.15) is 0 Å². The lowest BCUT2D eigenvalue weighted by atomic mass is 10.0. The minimum atomic E-state index is -3.32. The minimum Gasteiger partial charge on any atom is -0.325 e. The van der Waals surface area contributed by atoms with E-state index in [1.807, 2.05) is 19.9 Å². The molecule has 1 atom stereocenters. The van der Waals surface area contributed by atoms with Crippen LogP contribution in [0, 0.1) is 5.92 Å². The summed E-state index contributed by atoms with van der Waals surface area (Å²) in [4.78, 5) is 12.0. The van der Waals surface area contributed by atoms with E-state index in [1.165, 1.54) is 10.6 Å². The normalized spacial score (nSPS) is 16.3. The van der Waals surface area contributed by atoms with Gasteiger partial charge >= 0.3 is 0 Å². The third-order valence-corrected chi connectivity index (χ3v) is 5.03. The van der Waals surface area contributed by atoms with Crippen molar-refractivity contribution in [3.05, 3.63) is 23.8 Å². The Balaban J connectivity index is 2.29. The van der Waals surface area contributed by atoms with Gasteiger partial charge in [-0.1, -0.05) is 19.9 Å². The molecule has 1 amide bonds. The molecule has 0 aliphatic carbocycles. The number of hydrogen-bond donors (Lipinski definition) is 2. The predicted octanol–water partition coefficient (Wildman–Crippen LogP) is 1.32. The van der Waals surface area contributed by atoms with E-state index >= 15 is 0 Å². The average Bonchev–Trinajstić information content (AvgIpc) is 2.44. The highest BCUT2D eigenvalue weighted by atomic mass is 32.2. The zero-order valence-electron chi connectivity index (χ0n) is 13.2. The van der Waals surface area contributed by atoms with E-state index in [-0.39, 0.29) is 11.8 Å². The van der Waals surface area contributed by atoms with Crippen molar-refractivity contribution in [2.45, 2.75) is 32.7 Å². The first kappa shape index (κ1) is 16.8. The summed E-state index contributed by atoms with van der Waals surface area (Å²) >= 11 is 0. The SMILES string of the molecule is CC(C)[C@H](N)C(=O)Nc1ccc2c(c1)N(S(C)(=O)=O)CCC2. The molecule has 22 heavy (non-hydrogen) atoms. The van der Waals surface area contributed by atoms with Crippen LogP contribution >= 0.6 is 0 Å². The second-order valence-electron chi connectivity index (χ2n) is 6.04. The summed E-state index contributed by atoms with van der Waals surface area (Å²) in [6, 6.07) is 4.77. The minimum absolute atomic E-state index is 0.0325. The van der Waals surface area contributed by atoms with E-state index in [9.17, 15) is 13.2 Å². The number of hydrogen-bond acceptors (Lipinski definition) is 4. The van der Waals surface area contributed by atoms with Crippen molar-refractivity contribution in [3.8, 4) is 0 Å². The lowest BCUT2D eigenvalue weighted by Gasteiger charge is -2.29. The number of nitrogens with two attached hydrogens (primary N) is 1. The fraction of sp³-hybridized carbons (Fsp3) is 0.533. The maximum absolute atomic E-state index is 12.0. The van der Waals surface area contributed by atoms with Crippen LogP contribution in [0.25, 0.3) is 0 Å². The van der Waals surface area contributed by atoms with Crippen LogP contribution in [0.5, 0.6) is 0 Å². The Morgan fingerprint density at radius 3 is 2.64 bits per heavy atom. The molecular formula is C15H23N3O3S. The first-order chi connectivity index (χ1) is 10.2. The van der Waals surface area contributed by atoms with E-state index in [0.717, 1.165) is 18.4 Å². The van der Waals surface area contributed by atoms with Crippen LogP contribution in [0.15, 0.2) is 18.2 Å². The fourth-order valence-electron chi connectivity index (χ4n) is 2.49. The Morgan fingerprint density at radius 1 is 1.36 bits per heavy atom. The summed E-state index contributed by atoms with van der Waals surface area (Å²) in [5.41, 5.74) is 8.01. The van der Waals surface area contributed by atoms with Crippen LogP contribution in [0.1, 0.15) is 25.8 Å². The second-order valence-corrected chi connectivity index (χ2v) is 7.95. The lowest BCUT2D eigenvalue weighted by Crippen LogP contribution is -2.40. The van der Waals surface area contributed by atoms with Gasteiger partial charge < -0.3 is 11.1 Å². The molecule has 6 nitrogen and oxygen atoms in total. The molecule has 0 fully saturated rings. The molecule has 0 radical (unpaired) electrons. The quantitative estimate of drug-likeness (QED) is 0.873. The smallest absolute Gasteiger partial charge is 0.241 e. The Hall–Kier alpha value is -1.60. The number of amides is 1. The molecule has 1 aromatic rings. The van der Waals surface area contributed by atoms with Gasteiger partial charge in [0.1, 0.15) is 0 Å². The maximum atomic E-state index is 12.0. The number of anilines is 2. The summed E-state index contributed by atoms with van der Waals surface area (Å²) in [6.45, 7) is 4.22. The Bertz CT molecular complexity index is 671. The molecule has 0 unspecified atom stereocenters. The Morgan fingerprint density at radius 2 is 2.05 bits per heavy atom. The lowest BCUT2D eigenvalue weighted by molar-refractivity contribution is -0.118. The molecule has 1 aromatic carbocycles. The number of fused-ring (bicyclic) bond motifs is 1. The van der Waals surface area contributed by atoms with Gasteiger partial charge in [0, 0.05) is 12.2 Å². The summed E-state index contributed by atoms with van der Waals surface area (Å²) in [5.74, 6) is -0.234. The number of sulfonamides is 1. The third-order valence-electron chi connectivity index (χ3n) is 3.85. The van der Waals surface area contributed by atoms with Gasteiger partial charge in [0.05, 0.1) is 18.0 Å². The highest BCUT2D eigenvalue weighted by Crippen LogP contribution is 2.31. The number of carbonyl (C=O) groups excluding carboxylic acids is 1. The molecule has 3 N–H and O–H groups in total. The van der Waals surface area contributed by atoms with Crippen molar-refractivity contribution in [1.82, 2.24) is 0 Å². The molecule has 0 spiro atoms. The molecule has 0 saturated carbocycles. The van der Waals surface area contributed by atoms with Crippen LogP contribution in [-0.4, -0.2) is 33.2 Å². The maximum Gasteiger partial charge on any atom is 0.241 e. The number of carbonyl (C=O) groups is 1. The molecular weight excluding hydrogens is 302 g/mol. The van der Waals surface area contributed by atoms with Crippen LogP contribution in [0.4, 0.5) is 11.4 Å². The largest absolute Gasteiger partial charge is 0.325 e. The molecule has 1 aliphatic rings. The van der Waals surface area contributed by atoms with Gasteiger partial charge in [0.25, 0.3) is 0 Å². The predicted molar refractivity (Wildman–Crippen MR) is 88.4 cm³/mol. The molecule has 0 aromatic heterocycles. The summed E-state index contributed by atoms with van der Waals surface area (Å²) in [7, 11) is -3.32. The van der Waals surface area contributed by atoms with Gasteiger partial charge in [0.2, 0.25) is 15.9 Å². The third kappa shape index (κ3) is 3.59. The first-order valence-corrected chi connectivity index (χ1v) is 9.22. The molecule has 7 heteroatoms. The first-order valence-electron chi connectivity index (χ1n) is 7.37. The van der Waals surface area contributed by atoms with E-state index in [2.05, 4.69) is 5.32 Å². The standard InChI is InChI=1S/C15H23N3O3S/c1-10(2)14(16)15(19)17-12-7-6-11-5-4-8-18(13(11)9-12)22(3,20)21/h6-7,9-10,14H,4-5,8,16H2,1-3H3,(H,17,19)/t14-/m0/s1. The fourth-order valence-corrected chi connectivity index (χ4v) is 3.48. The molecule has 2 rings (SSSR count). The van der Waals surface area contributed by atoms with Crippen molar-refractivity contribution < 1.29 is 13.2 Å². The van der Waals surface area contributed by atoms with Crippen LogP contribution in [0.2, 0.25) is 0 Å². The number of aryl methyl sites for hydroxylation is 1. The van der Waals surface area contributed by atoms with Crippen molar-refractivity contribution >= 4 is 27.3 Å². The number of rotatable bonds is 4. The highest BCUT2D eigenvalue weighted by Gasteiger charge is 2.25. The van der Waals surface area contributed by atoms with E-state index in [1.54, 1.807) is 12.1 Å².